The van der Waals surface area contributed by atoms with Crippen molar-refractivity contribution in [3.63, 3.8) is 0 Å². The summed E-state index contributed by atoms with van der Waals surface area (Å²) in [4.78, 5) is 11.9. The SMILES string of the molecule is CC(NC(=O)NCC(C)(O)c1ccco1)c1cccc(Cl)c1. The van der Waals surface area contributed by atoms with Gasteiger partial charge in [0.25, 0.3) is 0 Å². The molecule has 1 aromatic carbocycles. The van der Waals surface area contributed by atoms with E-state index in [1.807, 2.05) is 19.1 Å². The number of amides is 2. The number of urea groups is 1. The minimum atomic E-state index is -1.26. The molecule has 6 heteroatoms. The second-order valence-corrected chi connectivity index (χ2v) is 5.79. The standard InChI is InChI=1S/C16H19ClN2O3/c1-11(12-5-3-6-13(17)9-12)19-15(20)18-10-16(2,21)14-7-4-8-22-14/h3-9,11,21H,10H2,1-2H3,(H2,18,19,20). The minimum absolute atomic E-state index is 0.0363. The van der Waals surface area contributed by atoms with Crippen LogP contribution in [-0.4, -0.2) is 17.7 Å². The highest BCUT2D eigenvalue weighted by atomic mass is 35.5. The molecule has 1 heterocycles. The van der Waals surface area contributed by atoms with Gasteiger partial charge in [0.05, 0.1) is 18.8 Å². The predicted octanol–water partition coefficient (Wildman–Crippen LogP) is 3.20. The molecule has 22 heavy (non-hydrogen) atoms. The molecule has 0 aliphatic carbocycles. The fourth-order valence-corrected chi connectivity index (χ4v) is 2.23. The minimum Gasteiger partial charge on any atom is -0.466 e. The van der Waals surface area contributed by atoms with Gasteiger partial charge in [0.1, 0.15) is 11.4 Å². The van der Waals surface area contributed by atoms with E-state index in [9.17, 15) is 9.90 Å². The molecule has 2 aromatic rings. The summed E-state index contributed by atoms with van der Waals surface area (Å²) in [6.07, 6.45) is 1.48. The Morgan fingerprint density at radius 2 is 2.18 bits per heavy atom. The second kappa shape index (κ2) is 6.85. The first-order valence-corrected chi connectivity index (χ1v) is 7.32. The summed E-state index contributed by atoms with van der Waals surface area (Å²) >= 11 is 5.93. The summed E-state index contributed by atoms with van der Waals surface area (Å²) in [6, 6.07) is 10.1. The molecule has 0 saturated carbocycles. The molecule has 2 rings (SSSR count). The molecular weight excluding hydrogens is 304 g/mol. The zero-order chi connectivity index (χ0) is 16.2. The molecule has 0 bridgehead atoms. The smallest absolute Gasteiger partial charge is 0.315 e. The Kier molecular flexibility index (Phi) is 5.11. The molecule has 2 amide bonds. The molecule has 0 radical (unpaired) electrons. The van der Waals surface area contributed by atoms with E-state index in [0.29, 0.717) is 10.8 Å². The van der Waals surface area contributed by atoms with Crippen molar-refractivity contribution in [3.05, 3.63) is 59.0 Å². The van der Waals surface area contributed by atoms with Crippen LogP contribution in [0.4, 0.5) is 4.79 Å². The quantitative estimate of drug-likeness (QED) is 0.791. The number of nitrogens with one attached hydrogen (secondary N) is 2. The van der Waals surface area contributed by atoms with Crippen molar-refractivity contribution in [3.8, 4) is 0 Å². The normalized spacial score (nSPS) is 14.9. The number of rotatable bonds is 5. The lowest BCUT2D eigenvalue weighted by Crippen LogP contribution is -2.44. The van der Waals surface area contributed by atoms with Crippen LogP contribution in [-0.2, 0) is 5.60 Å². The molecule has 0 aliphatic rings. The summed E-state index contributed by atoms with van der Waals surface area (Å²) in [5.74, 6) is 0.399. The zero-order valence-corrected chi connectivity index (χ0v) is 13.2. The number of hydrogen-bond donors (Lipinski definition) is 3. The predicted molar refractivity (Wildman–Crippen MR) is 84.7 cm³/mol. The van der Waals surface area contributed by atoms with Crippen LogP contribution >= 0.6 is 11.6 Å². The van der Waals surface area contributed by atoms with Gasteiger partial charge in [-0.15, -0.1) is 0 Å². The number of aliphatic hydroxyl groups is 1. The maximum absolute atomic E-state index is 11.9. The largest absolute Gasteiger partial charge is 0.466 e. The van der Waals surface area contributed by atoms with Crippen LogP contribution in [0.3, 0.4) is 0 Å². The van der Waals surface area contributed by atoms with Crippen molar-refractivity contribution < 1.29 is 14.3 Å². The third kappa shape index (κ3) is 4.26. The van der Waals surface area contributed by atoms with Gasteiger partial charge < -0.3 is 20.2 Å². The average molecular weight is 323 g/mol. The molecule has 2 unspecified atom stereocenters. The van der Waals surface area contributed by atoms with Crippen LogP contribution in [0.5, 0.6) is 0 Å². The van der Waals surface area contributed by atoms with Crippen molar-refractivity contribution in [1.82, 2.24) is 10.6 Å². The van der Waals surface area contributed by atoms with Gasteiger partial charge in [-0.05, 0) is 43.7 Å². The van der Waals surface area contributed by atoms with E-state index in [0.717, 1.165) is 5.56 Å². The van der Waals surface area contributed by atoms with E-state index in [4.69, 9.17) is 16.0 Å². The summed E-state index contributed by atoms with van der Waals surface area (Å²) in [5.41, 5.74) is -0.361. The third-order valence-corrected chi connectivity index (χ3v) is 3.58. The zero-order valence-electron chi connectivity index (χ0n) is 12.5. The molecule has 2 atom stereocenters. The molecule has 0 spiro atoms. The monoisotopic (exact) mass is 322 g/mol. The molecule has 5 nitrogen and oxygen atoms in total. The van der Waals surface area contributed by atoms with Gasteiger partial charge in [-0.2, -0.15) is 0 Å². The Morgan fingerprint density at radius 1 is 1.41 bits per heavy atom. The van der Waals surface area contributed by atoms with E-state index >= 15 is 0 Å². The highest BCUT2D eigenvalue weighted by Gasteiger charge is 2.27. The van der Waals surface area contributed by atoms with Crippen LogP contribution in [0.25, 0.3) is 0 Å². The summed E-state index contributed by atoms with van der Waals surface area (Å²) in [5, 5.41) is 16.3. The van der Waals surface area contributed by atoms with Gasteiger partial charge >= 0.3 is 6.03 Å². The van der Waals surface area contributed by atoms with Crippen LogP contribution in [0.1, 0.15) is 31.2 Å². The van der Waals surface area contributed by atoms with Crippen LogP contribution in [0.15, 0.2) is 47.1 Å². The molecule has 118 valence electrons. The van der Waals surface area contributed by atoms with Crippen molar-refractivity contribution >= 4 is 17.6 Å². The van der Waals surface area contributed by atoms with Gasteiger partial charge in [0, 0.05) is 5.02 Å². The average Bonchev–Trinajstić information content (AvgIpc) is 3.00. The summed E-state index contributed by atoms with van der Waals surface area (Å²) in [7, 11) is 0. The number of hydrogen-bond acceptors (Lipinski definition) is 3. The Labute approximate surface area is 134 Å². The topological polar surface area (TPSA) is 74.5 Å². The fourth-order valence-electron chi connectivity index (χ4n) is 2.03. The molecule has 1 aromatic heterocycles. The molecule has 0 saturated heterocycles. The number of carbonyl (C=O) groups excluding carboxylic acids is 1. The van der Waals surface area contributed by atoms with Crippen molar-refractivity contribution in [2.45, 2.75) is 25.5 Å². The van der Waals surface area contributed by atoms with Gasteiger partial charge in [-0.3, -0.25) is 0 Å². The van der Waals surface area contributed by atoms with Gasteiger partial charge in [-0.1, -0.05) is 23.7 Å². The molecule has 0 fully saturated rings. The van der Waals surface area contributed by atoms with E-state index in [-0.39, 0.29) is 18.6 Å². The third-order valence-electron chi connectivity index (χ3n) is 3.34. The number of furan rings is 1. The van der Waals surface area contributed by atoms with E-state index < -0.39 is 5.60 Å². The Bertz CT molecular complexity index is 626. The number of carbonyl (C=O) groups is 1. The first-order valence-electron chi connectivity index (χ1n) is 6.95. The molecule has 3 N–H and O–H groups in total. The number of halogens is 1. The summed E-state index contributed by atoms with van der Waals surface area (Å²) < 4.78 is 5.16. The fraction of sp³-hybridized carbons (Fsp3) is 0.312. The highest BCUT2D eigenvalue weighted by molar-refractivity contribution is 6.30. The van der Waals surface area contributed by atoms with Gasteiger partial charge in [0.2, 0.25) is 0 Å². The van der Waals surface area contributed by atoms with Crippen molar-refractivity contribution in [2.75, 3.05) is 6.54 Å². The molecular formula is C16H19ClN2O3. The number of benzene rings is 1. The summed E-state index contributed by atoms with van der Waals surface area (Å²) in [6.45, 7) is 3.47. The van der Waals surface area contributed by atoms with Crippen LogP contribution < -0.4 is 10.6 Å². The van der Waals surface area contributed by atoms with E-state index in [1.54, 1.807) is 31.2 Å². The van der Waals surface area contributed by atoms with Crippen LogP contribution in [0.2, 0.25) is 5.02 Å². The van der Waals surface area contributed by atoms with E-state index in [1.165, 1.54) is 6.26 Å². The van der Waals surface area contributed by atoms with Gasteiger partial charge in [-0.25, -0.2) is 4.79 Å². The maximum Gasteiger partial charge on any atom is 0.315 e. The molecule has 0 aliphatic heterocycles. The van der Waals surface area contributed by atoms with E-state index in [2.05, 4.69) is 10.6 Å². The Hall–Kier alpha value is -1.98. The van der Waals surface area contributed by atoms with Crippen molar-refractivity contribution in [2.24, 2.45) is 0 Å². The first kappa shape index (κ1) is 16.4. The first-order chi connectivity index (χ1) is 10.4. The van der Waals surface area contributed by atoms with Crippen LogP contribution in [0, 0.1) is 0 Å². The highest BCUT2D eigenvalue weighted by Crippen LogP contribution is 2.20. The lowest BCUT2D eigenvalue weighted by Gasteiger charge is -2.22. The van der Waals surface area contributed by atoms with Crippen molar-refractivity contribution in [1.29, 1.82) is 0 Å². The second-order valence-electron chi connectivity index (χ2n) is 5.35. The maximum atomic E-state index is 11.9. The lowest BCUT2D eigenvalue weighted by atomic mass is 10.0. The Morgan fingerprint density at radius 3 is 2.82 bits per heavy atom. The Balaban J connectivity index is 1.88. The van der Waals surface area contributed by atoms with Gasteiger partial charge in [0.15, 0.2) is 0 Å². The lowest BCUT2D eigenvalue weighted by molar-refractivity contribution is 0.0366.